The van der Waals surface area contributed by atoms with Crippen molar-refractivity contribution in [3.05, 3.63) is 72.4 Å². The van der Waals surface area contributed by atoms with E-state index < -0.39 is 6.10 Å². The topological polar surface area (TPSA) is 101 Å². The summed E-state index contributed by atoms with van der Waals surface area (Å²) in [6.07, 6.45) is 6.74. The van der Waals surface area contributed by atoms with Crippen LogP contribution in [0.25, 0.3) is 33.2 Å². The fourth-order valence-electron chi connectivity index (χ4n) is 5.64. The van der Waals surface area contributed by atoms with Crippen LogP contribution in [0, 0.1) is 5.82 Å². The van der Waals surface area contributed by atoms with Crippen LogP contribution in [0.5, 0.6) is 0 Å². The van der Waals surface area contributed by atoms with Gasteiger partial charge in [0.25, 0.3) is 0 Å². The number of aliphatic hydroxyl groups is 2. The van der Waals surface area contributed by atoms with Gasteiger partial charge in [-0.25, -0.2) is 0 Å². The third-order valence-corrected chi connectivity index (χ3v) is 8.67. The zero-order valence-corrected chi connectivity index (χ0v) is 24.0. The van der Waals surface area contributed by atoms with E-state index in [0.717, 1.165) is 63.4 Å². The van der Waals surface area contributed by atoms with Crippen molar-refractivity contribution in [2.24, 2.45) is 0 Å². The van der Waals surface area contributed by atoms with Crippen LogP contribution >= 0.6 is 0 Å². The number of fused-ring (bicyclic) bond motifs is 2. The second-order valence-electron chi connectivity index (χ2n) is 10.3. The zero-order chi connectivity index (χ0) is 26.9. The quantitative estimate of drug-likeness (QED) is 0.240. The van der Waals surface area contributed by atoms with Gasteiger partial charge in [-0.05, 0) is 0 Å². The summed E-state index contributed by atoms with van der Waals surface area (Å²) in [7, 11) is 0. The van der Waals surface area contributed by atoms with Crippen molar-refractivity contribution in [3.63, 3.8) is 0 Å². The molecular formula is C29H32AsFN6O2. The molecular weight excluding hydrogens is 558 g/mol. The third kappa shape index (κ3) is 5.24. The number of halogens is 1. The Morgan fingerprint density at radius 1 is 1.08 bits per heavy atom. The van der Waals surface area contributed by atoms with E-state index in [1.807, 2.05) is 18.3 Å². The molecule has 1 unspecified atom stereocenters. The molecule has 0 radical (unpaired) electrons. The molecule has 1 aliphatic carbocycles. The van der Waals surface area contributed by atoms with Gasteiger partial charge in [-0.15, -0.1) is 0 Å². The van der Waals surface area contributed by atoms with Crippen molar-refractivity contribution in [2.75, 3.05) is 13.2 Å². The predicted octanol–water partition coefficient (Wildman–Crippen LogP) is 2.32. The first-order chi connectivity index (χ1) is 19.0. The standard InChI is InChI=1S/C29H32AsFN6O2/c30-28-26-27(19-5-10-25-18(13-19)11-12-36(25)15-20-3-1-2-4-24(20)31)35-37(29(26)34-17-33-28)22-8-6-21(7-9-22)32-14-23(39)16-38/h1-5,10-13,17,21-23,32,38-39H,6-9,14-16,30H2/t21?,22?,23-/m0/s1. The van der Waals surface area contributed by atoms with E-state index in [4.69, 9.17) is 10.2 Å². The average Bonchev–Trinajstić information content (AvgIpc) is 3.55. The Balaban J connectivity index is 1.29. The molecule has 0 amide bonds. The average molecular weight is 591 g/mol. The monoisotopic (exact) mass is 590 g/mol. The van der Waals surface area contributed by atoms with Gasteiger partial charge in [0.05, 0.1) is 0 Å². The summed E-state index contributed by atoms with van der Waals surface area (Å²) in [6, 6.07) is 15.8. The number of aromatic nitrogens is 5. The van der Waals surface area contributed by atoms with E-state index in [-0.39, 0.29) is 18.5 Å². The molecule has 202 valence electrons. The first kappa shape index (κ1) is 26.1. The number of hydrogen-bond acceptors (Lipinski definition) is 6. The van der Waals surface area contributed by atoms with Gasteiger partial charge in [0.1, 0.15) is 0 Å². The van der Waals surface area contributed by atoms with Crippen molar-refractivity contribution in [3.8, 4) is 11.3 Å². The summed E-state index contributed by atoms with van der Waals surface area (Å²) >= 11 is 1.45. The summed E-state index contributed by atoms with van der Waals surface area (Å²) in [5.74, 6) is -0.196. The van der Waals surface area contributed by atoms with Crippen LogP contribution < -0.4 is 9.80 Å². The van der Waals surface area contributed by atoms with Crippen LogP contribution in [0.4, 0.5) is 4.39 Å². The normalized spacial score (nSPS) is 18.7. The SMILES string of the molecule is OC[C@@H](O)CNC1CCC(n2nc(-c3ccc4c(ccn4Cc4ccccc4F)c3)c3c([AsH2])ncnc32)CC1. The third-order valence-electron chi connectivity index (χ3n) is 7.76. The molecule has 1 aliphatic rings. The molecule has 3 aromatic heterocycles. The molecule has 0 bridgehead atoms. The second-order valence-corrected chi connectivity index (χ2v) is 11.5. The van der Waals surface area contributed by atoms with E-state index in [1.54, 1.807) is 12.4 Å². The van der Waals surface area contributed by atoms with Crippen molar-refractivity contribution >= 4 is 43.3 Å². The van der Waals surface area contributed by atoms with E-state index in [1.165, 1.54) is 22.9 Å². The van der Waals surface area contributed by atoms with Crippen LogP contribution in [0.15, 0.2) is 61.1 Å². The van der Waals surface area contributed by atoms with Crippen LogP contribution in [-0.2, 0) is 6.54 Å². The molecule has 0 aliphatic heterocycles. The zero-order valence-electron chi connectivity index (χ0n) is 21.5. The maximum atomic E-state index is 14.3. The Morgan fingerprint density at radius 2 is 1.90 bits per heavy atom. The number of hydrogen-bond donors (Lipinski definition) is 3. The summed E-state index contributed by atoms with van der Waals surface area (Å²) in [6.45, 7) is 0.645. The van der Waals surface area contributed by atoms with Crippen LogP contribution in [-0.4, -0.2) is 76.7 Å². The minimum absolute atomic E-state index is 0.196. The fourth-order valence-corrected chi connectivity index (χ4v) is 6.34. The number of benzene rings is 2. The summed E-state index contributed by atoms with van der Waals surface area (Å²) in [5, 5.41) is 29.3. The molecule has 6 rings (SSSR count). The second kappa shape index (κ2) is 11.2. The number of aliphatic hydroxyl groups excluding tert-OH is 2. The first-order valence-electron chi connectivity index (χ1n) is 13.4. The molecule has 1 fully saturated rings. The van der Waals surface area contributed by atoms with Crippen LogP contribution in [0.1, 0.15) is 37.3 Å². The molecule has 3 N–H and O–H groups in total. The van der Waals surface area contributed by atoms with Crippen molar-refractivity contribution in [1.29, 1.82) is 0 Å². The molecule has 1 saturated carbocycles. The van der Waals surface area contributed by atoms with Gasteiger partial charge in [0.15, 0.2) is 0 Å². The van der Waals surface area contributed by atoms with Gasteiger partial charge in [-0.3, -0.25) is 0 Å². The van der Waals surface area contributed by atoms with E-state index in [9.17, 15) is 9.50 Å². The molecule has 0 saturated heterocycles. The molecule has 8 nitrogen and oxygen atoms in total. The fraction of sp³-hybridized carbons (Fsp3) is 0.345. The Bertz CT molecular complexity index is 1610. The van der Waals surface area contributed by atoms with Gasteiger partial charge in [0, 0.05) is 0 Å². The van der Waals surface area contributed by atoms with Gasteiger partial charge >= 0.3 is 224 Å². The summed E-state index contributed by atoms with van der Waals surface area (Å²) < 4.78 is 19.4. The Morgan fingerprint density at radius 3 is 2.69 bits per heavy atom. The van der Waals surface area contributed by atoms with Gasteiger partial charge < -0.3 is 5.11 Å². The Labute approximate surface area is 234 Å². The molecule has 3 heterocycles. The Hall–Kier alpha value is -3.10. The van der Waals surface area contributed by atoms with Crippen LogP contribution in [0.3, 0.4) is 0 Å². The molecule has 10 heteroatoms. The molecule has 5 aromatic rings. The van der Waals surface area contributed by atoms with Crippen molar-refractivity contribution in [1.82, 2.24) is 29.6 Å². The minimum atomic E-state index is -0.726. The van der Waals surface area contributed by atoms with Gasteiger partial charge in [-0.1, -0.05) is 6.07 Å². The van der Waals surface area contributed by atoms with Gasteiger partial charge in [0.2, 0.25) is 0 Å². The molecule has 2 atom stereocenters. The maximum absolute atomic E-state index is 14.3. The van der Waals surface area contributed by atoms with Crippen molar-refractivity contribution < 1.29 is 14.6 Å². The van der Waals surface area contributed by atoms with Crippen LogP contribution in [0.2, 0.25) is 0 Å². The number of nitrogens with zero attached hydrogens (tertiary/aromatic N) is 5. The summed E-state index contributed by atoms with van der Waals surface area (Å²) in [4.78, 5) is 9.16. The molecule has 0 spiro atoms. The van der Waals surface area contributed by atoms with E-state index in [0.29, 0.717) is 24.7 Å². The first-order valence-corrected chi connectivity index (χ1v) is 14.6. The van der Waals surface area contributed by atoms with Crippen molar-refractivity contribution in [2.45, 2.75) is 50.4 Å². The van der Waals surface area contributed by atoms with E-state index in [2.05, 4.69) is 48.8 Å². The predicted molar refractivity (Wildman–Crippen MR) is 152 cm³/mol. The Kier molecular flexibility index (Phi) is 7.49. The van der Waals surface area contributed by atoms with Gasteiger partial charge in [-0.2, -0.15) is 0 Å². The number of nitrogens with one attached hydrogen (secondary N) is 1. The molecule has 39 heavy (non-hydrogen) atoms. The number of rotatable bonds is 8. The summed E-state index contributed by atoms with van der Waals surface area (Å²) in [5.41, 5.74) is 4.47. The van der Waals surface area contributed by atoms with E-state index >= 15 is 0 Å². The molecule has 2 aromatic carbocycles.